The second kappa shape index (κ2) is 55.8. The summed E-state index contributed by atoms with van der Waals surface area (Å²) in [4.78, 5) is 26.6. The minimum Gasteiger partial charge on any atom is -0.454 e. The van der Waals surface area contributed by atoms with Gasteiger partial charge in [0.2, 0.25) is 5.91 Å². The highest BCUT2D eigenvalue weighted by Crippen LogP contribution is 2.26. The molecule has 1 amide bonds. The molecule has 458 valence electrons. The number of hydrogen-bond donors (Lipinski definition) is 6. The summed E-state index contributed by atoms with van der Waals surface area (Å²) < 4.78 is 17.6. The third kappa shape index (κ3) is 43.1. The van der Waals surface area contributed by atoms with E-state index >= 15 is 0 Å². The molecule has 1 saturated heterocycles. The summed E-state index contributed by atoms with van der Waals surface area (Å²) in [5, 5.41) is 57.0. The van der Waals surface area contributed by atoms with E-state index in [-0.39, 0.29) is 19.4 Å². The van der Waals surface area contributed by atoms with Gasteiger partial charge in [0, 0.05) is 6.42 Å². The highest BCUT2D eigenvalue weighted by atomic mass is 16.7. The summed E-state index contributed by atoms with van der Waals surface area (Å²) in [5.41, 5.74) is 0. The van der Waals surface area contributed by atoms with Gasteiger partial charge in [-0.3, -0.25) is 9.59 Å². The van der Waals surface area contributed by atoms with Crippen molar-refractivity contribution in [2.24, 2.45) is 0 Å². The summed E-state index contributed by atoms with van der Waals surface area (Å²) >= 11 is 0. The van der Waals surface area contributed by atoms with E-state index in [0.717, 1.165) is 141 Å². The van der Waals surface area contributed by atoms with Crippen LogP contribution in [0.4, 0.5) is 0 Å². The van der Waals surface area contributed by atoms with Gasteiger partial charge in [-0.1, -0.05) is 246 Å². The number of allylic oxidation sites excluding steroid dienone is 17. The molecule has 1 heterocycles. The number of ether oxygens (including phenoxy) is 3. The number of amides is 1. The molecule has 0 aromatic heterocycles. The van der Waals surface area contributed by atoms with Crippen molar-refractivity contribution in [1.29, 1.82) is 0 Å². The van der Waals surface area contributed by atoms with Crippen LogP contribution < -0.4 is 5.32 Å². The molecule has 1 rings (SSSR count). The van der Waals surface area contributed by atoms with Crippen LogP contribution in [-0.4, -0.2) is 99.6 Å². The summed E-state index contributed by atoms with van der Waals surface area (Å²) in [6.07, 6.45) is 65.4. The Morgan fingerprint density at radius 2 is 0.900 bits per heavy atom. The summed E-state index contributed by atoms with van der Waals surface area (Å²) in [6.45, 7) is 5.62. The van der Waals surface area contributed by atoms with Gasteiger partial charge in [-0.25, -0.2) is 0 Å². The first-order valence-electron chi connectivity index (χ1n) is 32.2. The Balaban J connectivity index is 2.67. The van der Waals surface area contributed by atoms with Crippen LogP contribution in [0.3, 0.4) is 0 Å². The van der Waals surface area contributed by atoms with Crippen LogP contribution in [0, 0.1) is 0 Å². The Hall–Kier alpha value is -3.68. The molecule has 11 nitrogen and oxygen atoms in total. The Morgan fingerprint density at radius 1 is 0.500 bits per heavy atom. The molecular weight excluding hydrogens is 1000 g/mol. The fraction of sp³-hybridized carbons (Fsp3) is 0.710. The number of unbranched alkanes of at least 4 members (excludes halogenated alkanes) is 23. The molecule has 8 unspecified atom stereocenters. The average Bonchev–Trinajstić information content (AvgIpc) is 3.48. The molecule has 80 heavy (non-hydrogen) atoms. The maximum Gasteiger partial charge on any atom is 0.306 e. The van der Waals surface area contributed by atoms with Crippen LogP contribution in [0.5, 0.6) is 0 Å². The SMILES string of the molecule is CC/C=C\C/C=C\C/C=C\C/C=C\C/C=C\CCCCCCCCCC(=O)OC1C(OCC(NC(=O)C(O)CCCCC/C=C\C/C=C\C/C=C\CCCCC)C(O)/C=C/CCCCCCCCCCCC)OC(CO)C(O)C1O. The van der Waals surface area contributed by atoms with E-state index in [2.05, 4.69) is 123 Å². The fourth-order valence-electron chi connectivity index (χ4n) is 9.33. The number of carbonyl (C=O) groups excluding carboxylic acids is 2. The highest BCUT2D eigenvalue weighted by molar-refractivity contribution is 5.80. The third-order valence-corrected chi connectivity index (χ3v) is 14.4. The van der Waals surface area contributed by atoms with Gasteiger partial charge in [0.1, 0.15) is 24.4 Å². The molecule has 0 aromatic rings. The van der Waals surface area contributed by atoms with Crippen molar-refractivity contribution in [2.75, 3.05) is 13.2 Å². The van der Waals surface area contributed by atoms with Crippen molar-refractivity contribution in [3.05, 3.63) is 109 Å². The molecule has 0 aliphatic carbocycles. The van der Waals surface area contributed by atoms with Crippen molar-refractivity contribution in [1.82, 2.24) is 5.32 Å². The summed E-state index contributed by atoms with van der Waals surface area (Å²) in [7, 11) is 0. The van der Waals surface area contributed by atoms with Gasteiger partial charge in [-0.2, -0.15) is 0 Å². The first-order valence-corrected chi connectivity index (χ1v) is 32.2. The molecule has 0 aromatic carbocycles. The number of aliphatic hydroxyl groups excluding tert-OH is 5. The molecule has 1 fully saturated rings. The van der Waals surface area contributed by atoms with E-state index in [1.165, 1.54) is 64.2 Å². The number of aliphatic hydroxyl groups is 5. The lowest BCUT2D eigenvalue weighted by molar-refractivity contribution is -0.305. The van der Waals surface area contributed by atoms with Gasteiger partial charge in [0.25, 0.3) is 0 Å². The Kier molecular flexibility index (Phi) is 51.9. The molecule has 0 saturated carbocycles. The minimum absolute atomic E-state index is 0.102. The first-order chi connectivity index (χ1) is 39.2. The van der Waals surface area contributed by atoms with Crippen LogP contribution in [0.2, 0.25) is 0 Å². The molecule has 8 atom stereocenters. The number of esters is 1. The van der Waals surface area contributed by atoms with Crippen molar-refractivity contribution < 1.29 is 49.3 Å². The highest BCUT2D eigenvalue weighted by Gasteiger charge is 2.47. The second-order valence-electron chi connectivity index (χ2n) is 21.8. The predicted molar refractivity (Wildman–Crippen MR) is 333 cm³/mol. The van der Waals surface area contributed by atoms with Crippen molar-refractivity contribution in [3.8, 4) is 0 Å². The van der Waals surface area contributed by atoms with E-state index in [0.29, 0.717) is 12.8 Å². The van der Waals surface area contributed by atoms with Gasteiger partial charge in [0.05, 0.1) is 25.4 Å². The van der Waals surface area contributed by atoms with Crippen molar-refractivity contribution >= 4 is 11.9 Å². The number of hydrogen-bond acceptors (Lipinski definition) is 10. The van der Waals surface area contributed by atoms with Gasteiger partial charge >= 0.3 is 5.97 Å². The molecule has 0 spiro atoms. The monoisotopic (exact) mass is 1120 g/mol. The van der Waals surface area contributed by atoms with E-state index in [9.17, 15) is 35.1 Å². The fourth-order valence-corrected chi connectivity index (χ4v) is 9.33. The Bertz CT molecular complexity index is 1710. The Labute approximate surface area is 488 Å². The van der Waals surface area contributed by atoms with Gasteiger partial charge in [0.15, 0.2) is 12.4 Å². The second-order valence-corrected chi connectivity index (χ2v) is 21.8. The van der Waals surface area contributed by atoms with Crippen LogP contribution in [0.15, 0.2) is 109 Å². The third-order valence-electron chi connectivity index (χ3n) is 14.4. The zero-order valence-electron chi connectivity index (χ0n) is 50.7. The lowest BCUT2D eigenvalue weighted by Crippen LogP contribution is -2.61. The van der Waals surface area contributed by atoms with Gasteiger partial charge in [-0.05, 0) is 109 Å². The Morgan fingerprint density at radius 3 is 1.38 bits per heavy atom. The summed E-state index contributed by atoms with van der Waals surface area (Å²) in [5.74, 6) is -1.23. The van der Waals surface area contributed by atoms with Crippen LogP contribution in [0.1, 0.15) is 252 Å². The lowest BCUT2D eigenvalue weighted by atomic mass is 9.99. The first kappa shape index (κ1) is 74.3. The predicted octanol–water partition coefficient (Wildman–Crippen LogP) is 15.7. The van der Waals surface area contributed by atoms with Gasteiger partial charge in [-0.15, -0.1) is 0 Å². The van der Waals surface area contributed by atoms with E-state index in [1.54, 1.807) is 6.08 Å². The molecule has 1 aliphatic rings. The number of carbonyl (C=O) groups is 2. The normalized spacial score (nSPS) is 19.5. The smallest absolute Gasteiger partial charge is 0.306 e. The maximum atomic E-state index is 13.4. The molecule has 0 bridgehead atoms. The lowest BCUT2D eigenvalue weighted by Gasteiger charge is -2.41. The molecule has 0 radical (unpaired) electrons. The topological polar surface area (TPSA) is 175 Å². The van der Waals surface area contributed by atoms with E-state index in [4.69, 9.17) is 14.2 Å². The van der Waals surface area contributed by atoms with Crippen LogP contribution >= 0.6 is 0 Å². The minimum atomic E-state index is -1.63. The summed E-state index contributed by atoms with van der Waals surface area (Å²) in [6, 6.07) is -1.04. The van der Waals surface area contributed by atoms with Crippen molar-refractivity contribution in [2.45, 2.75) is 301 Å². The maximum absolute atomic E-state index is 13.4. The van der Waals surface area contributed by atoms with Crippen LogP contribution in [0.25, 0.3) is 0 Å². The largest absolute Gasteiger partial charge is 0.454 e. The van der Waals surface area contributed by atoms with Crippen molar-refractivity contribution in [3.63, 3.8) is 0 Å². The van der Waals surface area contributed by atoms with Gasteiger partial charge < -0.3 is 45.1 Å². The molecule has 1 aliphatic heterocycles. The standard InChI is InChI=1S/C69H117NO10/c1-4-7-10-13-16-19-22-25-27-29-30-31-32-33-34-35-37-39-42-45-48-51-54-57-64(74)80-67-66(76)65(75)63(58-71)79-69(67)78-59-60(61(72)55-52-49-46-43-40-24-21-18-15-12-9-6-3)70-68(77)62(73)56-53-50-47-44-41-38-36-28-26-23-20-17-14-11-8-5-2/h7,10,16-17,19-20,25-28,30-31,33-34,38,41,52,55,60-63,65-67,69,71-73,75-76H,4-6,8-9,11-15,18,21-24,29,32,35-37,39-40,42-51,53-54,56-59H2,1-3H3,(H,70,77)/b10-7-,19-16-,20-17-,27-25-,28-26-,31-30-,34-33-,41-38-,55-52+. The molecule has 11 heteroatoms. The van der Waals surface area contributed by atoms with E-state index < -0.39 is 67.4 Å². The quantitative estimate of drug-likeness (QED) is 0.0195. The number of nitrogens with one attached hydrogen (secondary N) is 1. The van der Waals surface area contributed by atoms with Crippen LogP contribution in [-0.2, 0) is 23.8 Å². The molecule has 6 N–H and O–H groups in total. The van der Waals surface area contributed by atoms with E-state index in [1.807, 2.05) is 6.08 Å². The average molecular weight is 1120 g/mol. The zero-order valence-corrected chi connectivity index (χ0v) is 50.7. The zero-order chi connectivity index (χ0) is 58.2. The number of rotatable bonds is 53. The molecular formula is C69H117NO10.